The lowest BCUT2D eigenvalue weighted by atomic mass is 10.00. The minimum atomic E-state index is -0.182. The van der Waals surface area contributed by atoms with Crippen molar-refractivity contribution in [2.24, 2.45) is 0 Å². The van der Waals surface area contributed by atoms with E-state index in [1.54, 1.807) is 53.8 Å². The number of phenolic OH excluding ortho intramolecular Hbond substituents is 2. The number of carbonyl (C=O) groups excluding carboxylic acids is 1. The van der Waals surface area contributed by atoms with Gasteiger partial charge in [0.15, 0.2) is 0 Å². The molecule has 0 saturated carbocycles. The van der Waals surface area contributed by atoms with E-state index in [9.17, 15) is 15.0 Å². The van der Waals surface area contributed by atoms with E-state index in [2.05, 4.69) is 19.9 Å². The quantitative estimate of drug-likeness (QED) is 0.321. The lowest BCUT2D eigenvalue weighted by Crippen LogP contribution is -2.48. The molecule has 4 heterocycles. The van der Waals surface area contributed by atoms with Crippen molar-refractivity contribution in [3.8, 4) is 33.8 Å². The smallest absolute Gasteiger partial charge is 0.257 e. The van der Waals surface area contributed by atoms with Crippen LogP contribution in [0.1, 0.15) is 15.9 Å². The molecule has 3 aromatic heterocycles. The number of hydrogen-bond acceptors (Lipinski definition) is 6. The summed E-state index contributed by atoms with van der Waals surface area (Å²) < 4.78 is 0. The SMILES string of the molecule is O=C(c1cc(-c2cnc3[nH]cc(-c4ccccc4O)c3c2)ccc1O)N1CCN(Cc2ccncc2)CC1. The maximum atomic E-state index is 13.4. The number of aromatic amines is 1. The Morgan fingerprint density at radius 2 is 1.66 bits per heavy atom. The molecule has 1 aliphatic rings. The second-order valence-corrected chi connectivity index (χ2v) is 9.50. The van der Waals surface area contributed by atoms with Gasteiger partial charge in [0.25, 0.3) is 5.91 Å². The Bertz CT molecular complexity index is 1610. The third-order valence-corrected chi connectivity index (χ3v) is 7.10. The van der Waals surface area contributed by atoms with Gasteiger partial charge in [-0.1, -0.05) is 24.3 Å². The van der Waals surface area contributed by atoms with E-state index in [1.165, 1.54) is 5.56 Å². The molecule has 8 heteroatoms. The number of hydrogen-bond donors (Lipinski definition) is 3. The van der Waals surface area contributed by atoms with Gasteiger partial charge in [-0.25, -0.2) is 4.98 Å². The molecule has 0 atom stereocenters. The molecule has 3 N–H and O–H groups in total. The second-order valence-electron chi connectivity index (χ2n) is 9.50. The monoisotopic (exact) mass is 505 g/mol. The molecule has 0 aliphatic carbocycles. The highest BCUT2D eigenvalue weighted by atomic mass is 16.3. The molecule has 0 unspecified atom stereocenters. The van der Waals surface area contributed by atoms with Gasteiger partial charge in [0.05, 0.1) is 5.56 Å². The molecular formula is C30H27N5O3. The summed E-state index contributed by atoms with van der Waals surface area (Å²) in [6, 6.07) is 18.3. The Labute approximate surface area is 219 Å². The van der Waals surface area contributed by atoms with Crippen LogP contribution in [0.3, 0.4) is 0 Å². The lowest BCUT2D eigenvalue weighted by Gasteiger charge is -2.35. The Morgan fingerprint density at radius 3 is 2.45 bits per heavy atom. The summed E-state index contributed by atoms with van der Waals surface area (Å²) in [7, 11) is 0. The first-order valence-corrected chi connectivity index (χ1v) is 12.6. The number of rotatable bonds is 5. The highest BCUT2D eigenvalue weighted by Crippen LogP contribution is 2.36. The average molecular weight is 506 g/mol. The topological polar surface area (TPSA) is 106 Å². The van der Waals surface area contributed by atoms with Crippen molar-refractivity contribution in [2.75, 3.05) is 26.2 Å². The van der Waals surface area contributed by atoms with E-state index in [0.29, 0.717) is 24.3 Å². The number of nitrogens with one attached hydrogen (secondary N) is 1. The van der Waals surface area contributed by atoms with Gasteiger partial charge >= 0.3 is 0 Å². The van der Waals surface area contributed by atoms with Crippen molar-refractivity contribution < 1.29 is 15.0 Å². The molecule has 1 aliphatic heterocycles. The van der Waals surface area contributed by atoms with Crippen molar-refractivity contribution in [1.29, 1.82) is 0 Å². The van der Waals surface area contributed by atoms with Gasteiger partial charge in [0.2, 0.25) is 0 Å². The normalized spacial score (nSPS) is 14.2. The maximum absolute atomic E-state index is 13.4. The highest BCUT2D eigenvalue weighted by Gasteiger charge is 2.24. The van der Waals surface area contributed by atoms with Gasteiger partial charge in [-0.2, -0.15) is 0 Å². The number of pyridine rings is 2. The minimum absolute atomic E-state index is 0.0384. The number of nitrogens with zero attached hydrogens (tertiary/aromatic N) is 4. The van der Waals surface area contributed by atoms with Gasteiger partial charge in [0.1, 0.15) is 17.1 Å². The zero-order chi connectivity index (χ0) is 26.1. The summed E-state index contributed by atoms with van der Waals surface area (Å²) in [5.41, 5.74) is 5.32. The Kier molecular flexibility index (Phi) is 6.23. The summed E-state index contributed by atoms with van der Waals surface area (Å²) in [5.74, 6) is -0.0285. The van der Waals surface area contributed by atoms with Crippen LogP contribution in [0.15, 0.2) is 85.5 Å². The predicted octanol–water partition coefficient (Wildman–Crippen LogP) is 4.66. The van der Waals surface area contributed by atoms with Crippen LogP contribution in [0.5, 0.6) is 11.5 Å². The number of carbonyl (C=O) groups is 1. The fourth-order valence-corrected chi connectivity index (χ4v) is 5.00. The Hall–Kier alpha value is -4.69. The third kappa shape index (κ3) is 4.57. The predicted molar refractivity (Wildman–Crippen MR) is 146 cm³/mol. The van der Waals surface area contributed by atoms with Gasteiger partial charge < -0.3 is 20.1 Å². The van der Waals surface area contributed by atoms with Crippen LogP contribution in [0.4, 0.5) is 0 Å². The lowest BCUT2D eigenvalue weighted by molar-refractivity contribution is 0.0625. The molecule has 0 radical (unpaired) electrons. The molecule has 0 bridgehead atoms. The van der Waals surface area contributed by atoms with E-state index < -0.39 is 0 Å². The minimum Gasteiger partial charge on any atom is -0.507 e. The zero-order valence-electron chi connectivity index (χ0n) is 20.7. The zero-order valence-corrected chi connectivity index (χ0v) is 20.7. The molecule has 1 saturated heterocycles. The van der Waals surface area contributed by atoms with Crippen LogP contribution in [-0.2, 0) is 6.54 Å². The molecule has 8 nitrogen and oxygen atoms in total. The average Bonchev–Trinajstić information content (AvgIpc) is 3.37. The van der Waals surface area contributed by atoms with Crippen LogP contribution >= 0.6 is 0 Å². The van der Waals surface area contributed by atoms with Crippen molar-refractivity contribution in [1.82, 2.24) is 24.8 Å². The van der Waals surface area contributed by atoms with Crippen LogP contribution in [0.25, 0.3) is 33.3 Å². The molecule has 0 spiro atoms. The van der Waals surface area contributed by atoms with Gasteiger partial charge in [0, 0.05) is 79.6 Å². The molecule has 1 amide bonds. The summed E-state index contributed by atoms with van der Waals surface area (Å²) in [6.07, 6.45) is 7.16. The Balaban J connectivity index is 1.23. The van der Waals surface area contributed by atoms with Crippen molar-refractivity contribution >= 4 is 16.9 Å². The molecule has 190 valence electrons. The van der Waals surface area contributed by atoms with Crippen LogP contribution in [0.2, 0.25) is 0 Å². The number of H-pyrrole nitrogens is 1. The van der Waals surface area contributed by atoms with Crippen molar-refractivity contribution in [2.45, 2.75) is 6.54 Å². The number of aromatic hydroxyl groups is 2. The maximum Gasteiger partial charge on any atom is 0.257 e. The number of fused-ring (bicyclic) bond motifs is 1. The number of benzene rings is 2. The van der Waals surface area contributed by atoms with Crippen molar-refractivity contribution in [3.05, 3.63) is 96.6 Å². The number of aromatic nitrogens is 3. The molecule has 38 heavy (non-hydrogen) atoms. The number of amides is 1. The highest BCUT2D eigenvalue weighted by molar-refractivity contribution is 6.00. The van der Waals surface area contributed by atoms with E-state index in [1.807, 2.05) is 36.5 Å². The largest absolute Gasteiger partial charge is 0.507 e. The molecule has 5 aromatic rings. The Morgan fingerprint density at radius 1 is 0.868 bits per heavy atom. The first kappa shape index (κ1) is 23.7. The van der Waals surface area contributed by atoms with Crippen LogP contribution < -0.4 is 0 Å². The molecule has 1 fully saturated rings. The van der Waals surface area contributed by atoms with Crippen LogP contribution in [-0.4, -0.2) is 67.1 Å². The summed E-state index contributed by atoms with van der Waals surface area (Å²) >= 11 is 0. The third-order valence-electron chi connectivity index (χ3n) is 7.10. The van der Waals surface area contributed by atoms with Crippen molar-refractivity contribution in [3.63, 3.8) is 0 Å². The van der Waals surface area contributed by atoms with Gasteiger partial charge in [-0.15, -0.1) is 0 Å². The van der Waals surface area contributed by atoms with E-state index >= 15 is 0 Å². The molecule has 6 rings (SSSR count). The number of piperazine rings is 1. The summed E-state index contributed by atoms with van der Waals surface area (Å²) in [4.78, 5) is 29.3. The number of para-hydroxylation sites is 1. The van der Waals surface area contributed by atoms with Gasteiger partial charge in [-0.3, -0.25) is 14.7 Å². The molecule has 2 aromatic carbocycles. The molecular weight excluding hydrogens is 478 g/mol. The standard InChI is InChI=1S/C30H27N5O3/c36-27-4-2-1-3-23(27)26-18-33-29-24(26)16-22(17-32-29)21-5-6-28(37)25(15-21)30(38)35-13-11-34(12-14-35)19-20-7-9-31-10-8-20/h1-10,15-18,36-37H,11-14,19H2,(H,32,33). The first-order chi connectivity index (χ1) is 18.6. The fraction of sp³-hybridized carbons (Fsp3) is 0.167. The second kappa shape index (κ2) is 9.99. The van der Waals surface area contributed by atoms with Gasteiger partial charge in [-0.05, 0) is 47.5 Å². The summed E-state index contributed by atoms with van der Waals surface area (Å²) in [6.45, 7) is 3.53. The van der Waals surface area contributed by atoms with E-state index in [0.717, 1.165) is 41.7 Å². The fourth-order valence-electron chi connectivity index (χ4n) is 5.00. The van der Waals surface area contributed by atoms with E-state index in [4.69, 9.17) is 0 Å². The first-order valence-electron chi connectivity index (χ1n) is 12.6. The van der Waals surface area contributed by atoms with E-state index in [-0.39, 0.29) is 23.0 Å². The summed E-state index contributed by atoms with van der Waals surface area (Å²) in [5, 5.41) is 21.8. The number of phenols is 2. The van der Waals surface area contributed by atoms with Crippen LogP contribution in [0, 0.1) is 0 Å².